The zero-order chi connectivity index (χ0) is 13.2. The molecule has 0 saturated carbocycles. The molecule has 0 bridgehead atoms. The molecule has 5 nitrogen and oxygen atoms in total. The number of aryl methyl sites for hydroxylation is 1. The Morgan fingerprint density at radius 3 is 3.00 bits per heavy atom. The van der Waals surface area contributed by atoms with Gasteiger partial charge in [-0.1, -0.05) is 0 Å². The number of carbonyl (C=O) groups is 1. The van der Waals surface area contributed by atoms with Crippen LogP contribution in [-0.2, 0) is 18.4 Å². The average Bonchev–Trinajstić information content (AvgIpc) is 2.73. The van der Waals surface area contributed by atoms with Crippen molar-refractivity contribution in [3.05, 3.63) is 18.0 Å². The summed E-state index contributed by atoms with van der Waals surface area (Å²) in [4.78, 5) is 14.3. The van der Waals surface area contributed by atoms with E-state index in [0.717, 1.165) is 32.5 Å². The summed E-state index contributed by atoms with van der Waals surface area (Å²) in [7, 11) is 3.64. The van der Waals surface area contributed by atoms with Gasteiger partial charge in [0.1, 0.15) is 0 Å². The van der Waals surface area contributed by atoms with Crippen molar-refractivity contribution in [2.75, 3.05) is 20.1 Å². The standard InChI is InChI=1S/C13H22N4O/c1-13(12(18)14-2)5-4-6-17(10-13)9-11-7-15-16(3)8-11/h7-8H,4-6,9-10H2,1-3H3,(H,14,18)/t13-/m0/s1. The first-order valence-corrected chi connectivity index (χ1v) is 6.45. The number of piperidine rings is 1. The van der Waals surface area contributed by atoms with E-state index in [1.54, 1.807) is 7.05 Å². The summed E-state index contributed by atoms with van der Waals surface area (Å²) in [5.74, 6) is 0.151. The summed E-state index contributed by atoms with van der Waals surface area (Å²) in [6, 6.07) is 0. The zero-order valence-corrected chi connectivity index (χ0v) is 11.4. The van der Waals surface area contributed by atoms with Crippen LogP contribution in [0.2, 0.25) is 0 Å². The molecule has 1 aromatic heterocycles. The number of carbonyl (C=O) groups excluding carboxylic acids is 1. The van der Waals surface area contributed by atoms with Crippen LogP contribution in [0.3, 0.4) is 0 Å². The maximum Gasteiger partial charge on any atom is 0.226 e. The van der Waals surface area contributed by atoms with E-state index in [9.17, 15) is 4.79 Å². The molecule has 18 heavy (non-hydrogen) atoms. The summed E-state index contributed by atoms with van der Waals surface area (Å²) in [6.45, 7) is 4.81. The van der Waals surface area contributed by atoms with Gasteiger partial charge in [-0.3, -0.25) is 14.4 Å². The molecule has 0 unspecified atom stereocenters. The van der Waals surface area contributed by atoms with Crippen molar-refractivity contribution >= 4 is 5.91 Å². The van der Waals surface area contributed by atoms with E-state index in [1.165, 1.54) is 5.56 Å². The monoisotopic (exact) mass is 250 g/mol. The first-order valence-electron chi connectivity index (χ1n) is 6.45. The van der Waals surface area contributed by atoms with Crippen LogP contribution < -0.4 is 5.32 Å². The van der Waals surface area contributed by atoms with Gasteiger partial charge in [0.05, 0.1) is 11.6 Å². The second-order valence-corrected chi connectivity index (χ2v) is 5.48. The van der Waals surface area contributed by atoms with Crippen LogP contribution in [0.1, 0.15) is 25.3 Å². The van der Waals surface area contributed by atoms with Crippen molar-refractivity contribution in [1.29, 1.82) is 0 Å². The summed E-state index contributed by atoms with van der Waals surface area (Å²) in [5.41, 5.74) is 0.952. The maximum atomic E-state index is 11.9. The number of hydrogen-bond acceptors (Lipinski definition) is 3. The summed E-state index contributed by atoms with van der Waals surface area (Å²) < 4.78 is 1.82. The molecule has 1 amide bonds. The molecule has 0 aromatic carbocycles. The fraction of sp³-hybridized carbons (Fsp3) is 0.692. The van der Waals surface area contributed by atoms with Gasteiger partial charge in [-0.25, -0.2) is 0 Å². The van der Waals surface area contributed by atoms with Crippen molar-refractivity contribution in [2.45, 2.75) is 26.3 Å². The third-order valence-electron chi connectivity index (χ3n) is 3.72. The van der Waals surface area contributed by atoms with E-state index in [-0.39, 0.29) is 11.3 Å². The van der Waals surface area contributed by atoms with E-state index >= 15 is 0 Å². The Kier molecular flexibility index (Phi) is 3.71. The predicted molar refractivity (Wildman–Crippen MR) is 69.9 cm³/mol. The molecule has 1 saturated heterocycles. The van der Waals surface area contributed by atoms with E-state index in [2.05, 4.69) is 22.2 Å². The van der Waals surface area contributed by atoms with Gasteiger partial charge in [0.2, 0.25) is 5.91 Å². The van der Waals surface area contributed by atoms with E-state index in [4.69, 9.17) is 0 Å². The Labute approximate surface area is 108 Å². The van der Waals surface area contributed by atoms with E-state index < -0.39 is 0 Å². The molecule has 1 aliphatic heterocycles. The van der Waals surface area contributed by atoms with Crippen molar-refractivity contribution in [3.8, 4) is 0 Å². The van der Waals surface area contributed by atoms with Crippen molar-refractivity contribution < 1.29 is 4.79 Å². The SMILES string of the molecule is CNC(=O)[C@@]1(C)CCCN(Cc2cnn(C)c2)C1. The minimum absolute atomic E-state index is 0.151. The van der Waals surface area contributed by atoms with Crippen LogP contribution >= 0.6 is 0 Å². The molecule has 1 aromatic rings. The Morgan fingerprint density at radius 2 is 2.39 bits per heavy atom. The molecule has 2 rings (SSSR count). The molecule has 0 spiro atoms. The molecule has 1 N–H and O–H groups in total. The van der Waals surface area contributed by atoms with Crippen molar-refractivity contribution in [3.63, 3.8) is 0 Å². The number of nitrogens with one attached hydrogen (secondary N) is 1. The number of nitrogens with zero attached hydrogens (tertiary/aromatic N) is 3. The third-order valence-corrected chi connectivity index (χ3v) is 3.72. The van der Waals surface area contributed by atoms with Crippen molar-refractivity contribution in [2.24, 2.45) is 12.5 Å². The van der Waals surface area contributed by atoms with Gasteiger partial charge in [-0.15, -0.1) is 0 Å². The number of amides is 1. The fourth-order valence-corrected chi connectivity index (χ4v) is 2.78. The molecule has 1 aliphatic rings. The molecule has 1 atom stereocenters. The van der Waals surface area contributed by atoms with Gasteiger partial charge in [-0.2, -0.15) is 5.10 Å². The van der Waals surface area contributed by atoms with Crippen LogP contribution in [0.4, 0.5) is 0 Å². The summed E-state index contributed by atoms with van der Waals surface area (Å²) >= 11 is 0. The largest absolute Gasteiger partial charge is 0.359 e. The smallest absolute Gasteiger partial charge is 0.226 e. The van der Waals surface area contributed by atoms with E-state index in [0.29, 0.717) is 0 Å². The highest BCUT2D eigenvalue weighted by molar-refractivity contribution is 5.82. The number of aromatic nitrogens is 2. The van der Waals surface area contributed by atoms with Crippen LogP contribution in [-0.4, -0.2) is 40.7 Å². The molecule has 0 aliphatic carbocycles. The molecular formula is C13H22N4O. The molecule has 1 fully saturated rings. The van der Waals surface area contributed by atoms with Gasteiger partial charge in [0, 0.05) is 38.9 Å². The molecular weight excluding hydrogens is 228 g/mol. The second-order valence-electron chi connectivity index (χ2n) is 5.48. The summed E-state index contributed by atoms with van der Waals surface area (Å²) in [6.07, 6.45) is 5.97. The summed E-state index contributed by atoms with van der Waals surface area (Å²) in [5, 5.41) is 6.96. The van der Waals surface area contributed by atoms with Crippen LogP contribution in [0, 0.1) is 5.41 Å². The Hall–Kier alpha value is -1.36. The van der Waals surface area contributed by atoms with E-state index in [1.807, 2.05) is 24.1 Å². The van der Waals surface area contributed by atoms with Crippen molar-refractivity contribution in [1.82, 2.24) is 20.0 Å². The highest BCUT2D eigenvalue weighted by Crippen LogP contribution is 2.30. The predicted octanol–water partition coefficient (Wildman–Crippen LogP) is 0.768. The zero-order valence-electron chi connectivity index (χ0n) is 11.4. The minimum Gasteiger partial charge on any atom is -0.359 e. The van der Waals surface area contributed by atoms with Gasteiger partial charge in [0.15, 0.2) is 0 Å². The van der Waals surface area contributed by atoms with Crippen LogP contribution in [0.25, 0.3) is 0 Å². The fourth-order valence-electron chi connectivity index (χ4n) is 2.78. The second kappa shape index (κ2) is 5.10. The van der Waals surface area contributed by atoms with Crippen LogP contribution in [0.5, 0.6) is 0 Å². The average molecular weight is 250 g/mol. The highest BCUT2D eigenvalue weighted by Gasteiger charge is 2.37. The van der Waals surface area contributed by atoms with Gasteiger partial charge < -0.3 is 5.32 Å². The third kappa shape index (κ3) is 2.72. The maximum absolute atomic E-state index is 11.9. The first kappa shape index (κ1) is 13.1. The van der Waals surface area contributed by atoms with Crippen LogP contribution in [0.15, 0.2) is 12.4 Å². The molecule has 100 valence electrons. The molecule has 2 heterocycles. The number of likely N-dealkylation sites (tertiary alicyclic amines) is 1. The highest BCUT2D eigenvalue weighted by atomic mass is 16.2. The first-order chi connectivity index (χ1) is 8.53. The Morgan fingerprint density at radius 1 is 1.61 bits per heavy atom. The lowest BCUT2D eigenvalue weighted by Gasteiger charge is -2.38. The Balaban J connectivity index is 2.00. The Bertz CT molecular complexity index is 428. The number of hydrogen-bond donors (Lipinski definition) is 1. The quantitative estimate of drug-likeness (QED) is 0.862. The molecule has 0 radical (unpaired) electrons. The van der Waals surface area contributed by atoms with Gasteiger partial charge in [0.25, 0.3) is 0 Å². The lowest BCUT2D eigenvalue weighted by molar-refractivity contribution is -0.132. The normalized spacial score (nSPS) is 25.1. The molecule has 5 heteroatoms. The minimum atomic E-state index is -0.255. The lowest BCUT2D eigenvalue weighted by atomic mass is 9.81. The lowest BCUT2D eigenvalue weighted by Crippen LogP contribution is -2.49. The topological polar surface area (TPSA) is 50.2 Å². The number of rotatable bonds is 3. The van der Waals surface area contributed by atoms with Gasteiger partial charge >= 0.3 is 0 Å². The van der Waals surface area contributed by atoms with Gasteiger partial charge in [-0.05, 0) is 26.3 Å².